The van der Waals surface area contributed by atoms with Crippen molar-refractivity contribution in [1.29, 1.82) is 5.26 Å². The summed E-state index contributed by atoms with van der Waals surface area (Å²) in [7, 11) is 1.91. The Labute approximate surface area is 69.6 Å². The highest BCUT2D eigenvalue weighted by molar-refractivity contribution is 5.01. The van der Waals surface area contributed by atoms with E-state index in [0.717, 1.165) is 0 Å². The minimum absolute atomic E-state index is 0.271. The van der Waals surface area contributed by atoms with Crippen LogP contribution < -0.4 is 5.32 Å². The number of hydrogen-bond acceptors (Lipinski definition) is 2. The van der Waals surface area contributed by atoms with E-state index in [0.29, 0.717) is 5.92 Å². The van der Waals surface area contributed by atoms with Gasteiger partial charge in [0.05, 0.1) is 11.5 Å². The van der Waals surface area contributed by atoms with Gasteiger partial charge in [-0.25, -0.2) is 0 Å². The standard InChI is InChI=1S/C9H18N2/c1-7(2)8(11-5)9(3,4)6-10/h7-8,11H,1-5H3. The molecule has 2 nitrogen and oxygen atoms in total. The van der Waals surface area contributed by atoms with Gasteiger partial charge in [0.1, 0.15) is 0 Å². The van der Waals surface area contributed by atoms with Crippen LogP contribution in [-0.2, 0) is 0 Å². The second-order valence-corrected chi connectivity index (χ2v) is 3.84. The predicted molar refractivity (Wildman–Crippen MR) is 47.1 cm³/mol. The Kier molecular flexibility index (Phi) is 3.54. The van der Waals surface area contributed by atoms with Gasteiger partial charge in [0, 0.05) is 6.04 Å². The van der Waals surface area contributed by atoms with Gasteiger partial charge in [-0.2, -0.15) is 5.26 Å². The first kappa shape index (κ1) is 10.4. The van der Waals surface area contributed by atoms with Crippen LogP contribution >= 0.6 is 0 Å². The van der Waals surface area contributed by atoms with Gasteiger partial charge in [0.25, 0.3) is 0 Å². The van der Waals surface area contributed by atoms with E-state index >= 15 is 0 Å². The SMILES string of the molecule is CNC(C(C)C)C(C)(C)C#N. The molecule has 0 aromatic rings. The highest BCUT2D eigenvalue weighted by atomic mass is 14.9. The minimum Gasteiger partial charge on any atom is -0.315 e. The maximum atomic E-state index is 8.85. The summed E-state index contributed by atoms with van der Waals surface area (Å²) in [5, 5.41) is 12.0. The van der Waals surface area contributed by atoms with Crippen molar-refractivity contribution in [2.45, 2.75) is 33.7 Å². The topological polar surface area (TPSA) is 35.8 Å². The molecule has 1 atom stereocenters. The molecule has 0 bridgehead atoms. The maximum Gasteiger partial charge on any atom is 0.0700 e. The molecule has 1 unspecified atom stereocenters. The number of hydrogen-bond donors (Lipinski definition) is 1. The summed E-state index contributed by atoms with van der Waals surface area (Å²) >= 11 is 0. The summed E-state index contributed by atoms with van der Waals surface area (Å²) < 4.78 is 0. The second kappa shape index (κ2) is 3.73. The summed E-state index contributed by atoms with van der Waals surface area (Å²) in [6.45, 7) is 8.18. The molecule has 0 rings (SSSR count). The molecule has 0 aromatic carbocycles. The van der Waals surface area contributed by atoms with Gasteiger partial charge in [-0.1, -0.05) is 13.8 Å². The van der Waals surface area contributed by atoms with Gasteiger partial charge in [-0.05, 0) is 26.8 Å². The molecule has 0 aliphatic heterocycles. The molecule has 2 heteroatoms. The molecule has 0 aliphatic rings. The first-order valence-electron chi connectivity index (χ1n) is 4.04. The first-order chi connectivity index (χ1) is 4.95. The molecule has 0 saturated carbocycles. The van der Waals surface area contributed by atoms with E-state index < -0.39 is 0 Å². The molecule has 1 N–H and O–H groups in total. The number of rotatable bonds is 3. The Hall–Kier alpha value is -0.550. The molecule has 0 heterocycles. The zero-order valence-electron chi connectivity index (χ0n) is 8.10. The van der Waals surface area contributed by atoms with Crippen LogP contribution in [0.15, 0.2) is 0 Å². The molecule has 64 valence electrons. The van der Waals surface area contributed by atoms with Crippen molar-refractivity contribution in [3.8, 4) is 6.07 Å². The zero-order valence-corrected chi connectivity index (χ0v) is 8.10. The predicted octanol–water partition coefficient (Wildman–Crippen LogP) is 1.78. The van der Waals surface area contributed by atoms with Gasteiger partial charge >= 0.3 is 0 Å². The highest BCUT2D eigenvalue weighted by Crippen LogP contribution is 2.24. The molecule has 0 aromatic heterocycles. The zero-order chi connectivity index (χ0) is 9.07. The van der Waals surface area contributed by atoms with E-state index in [-0.39, 0.29) is 11.5 Å². The lowest BCUT2D eigenvalue weighted by atomic mass is 9.80. The van der Waals surface area contributed by atoms with Crippen molar-refractivity contribution < 1.29 is 0 Å². The summed E-state index contributed by atoms with van der Waals surface area (Å²) in [5.41, 5.74) is -0.275. The van der Waals surface area contributed by atoms with Crippen LogP contribution in [0.1, 0.15) is 27.7 Å². The Bertz CT molecular complexity index is 153. The third kappa shape index (κ3) is 2.51. The first-order valence-corrected chi connectivity index (χ1v) is 4.04. The fraction of sp³-hybridized carbons (Fsp3) is 0.889. The normalized spacial score (nSPS) is 14.6. The van der Waals surface area contributed by atoms with Crippen LogP contribution in [0.25, 0.3) is 0 Å². The van der Waals surface area contributed by atoms with Gasteiger partial charge in [-0.3, -0.25) is 0 Å². The molecule has 0 radical (unpaired) electrons. The van der Waals surface area contributed by atoms with Crippen molar-refractivity contribution in [2.24, 2.45) is 11.3 Å². The largest absolute Gasteiger partial charge is 0.315 e. The molecule has 0 saturated heterocycles. The van der Waals surface area contributed by atoms with Crippen LogP contribution in [0.3, 0.4) is 0 Å². The lowest BCUT2D eigenvalue weighted by Crippen LogP contribution is -2.43. The summed E-state index contributed by atoms with van der Waals surface area (Å²) in [4.78, 5) is 0. The summed E-state index contributed by atoms with van der Waals surface area (Å²) in [6.07, 6.45) is 0. The van der Waals surface area contributed by atoms with Crippen LogP contribution in [-0.4, -0.2) is 13.1 Å². The average Bonchev–Trinajstić information content (AvgIpc) is 1.88. The Balaban J connectivity index is 4.39. The van der Waals surface area contributed by atoms with Crippen LogP contribution in [0, 0.1) is 22.7 Å². The van der Waals surface area contributed by atoms with Gasteiger partial charge in [-0.15, -0.1) is 0 Å². The van der Waals surface area contributed by atoms with Gasteiger partial charge in [0.2, 0.25) is 0 Å². The molecule has 0 aliphatic carbocycles. The maximum absolute atomic E-state index is 8.85. The fourth-order valence-corrected chi connectivity index (χ4v) is 1.60. The number of nitrogens with zero attached hydrogens (tertiary/aromatic N) is 1. The lowest BCUT2D eigenvalue weighted by molar-refractivity contribution is 0.266. The van der Waals surface area contributed by atoms with Gasteiger partial charge < -0.3 is 5.32 Å². The third-order valence-electron chi connectivity index (χ3n) is 2.04. The number of nitrogens with one attached hydrogen (secondary N) is 1. The van der Waals surface area contributed by atoms with E-state index in [2.05, 4.69) is 25.2 Å². The number of nitriles is 1. The van der Waals surface area contributed by atoms with E-state index in [4.69, 9.17) is 5.26 Å². The van der Waals surface area contributed by atoms with Crippen molar-refractivity contribution in [2.75, 3.05) is 7.05 Å². The summed E-state index contributed by atoms with van der Waals surface area (Å²) in [6, 6.07) is 2.58. The van der Waals surface area contributed by atoms with Crippen LogP contribution in [0.4, 0.5) is 0 Å². The van der Waals surface area contributed by atoms with Crippen LogP contribution in [0.2, 0.25) is 0 Å². The fourth-order valence-electron chi connectivity index (χ4n) is 1.60. The Morgan fingerprint density at radius 2 is 1.82 bits per heavy atom. The molecular weight excluding hydrogens is 136 g/mol. The monoisotopic (exact) mass is 154 g/mol. The smallest absolute Gasteiger partial charge is 0.0700 e. The van der Waals surface area contributed by atoms with E-state index in [1.807, 2.05) is 20.9 Å². The van der Waals surface area contributed by atoms with Crippen LogP contribution in [0.5, 0.6) is 0 Å². The Morgan fingerprint density at radius 1 is 1.36 bits per heavy atom. The summed E-state index contributed by atoms with van der Waals surface area (Å²) in [5.74, 6) is 0.495. The van der Waals surface area contributed by atoms with Crippen molar-refractivity contribution in [3.05, 3.63) is 0 Å². The van der Waals surface area contributed by atoms with E-state index in [1.54, 1.807) is 0 Å². The molecule has 0 spiro atoms. The third-order valence-corrected chi connectivity index (χ3v) is 2.04. The molecule has 11 heavy (non-hydrogen) atoms. The average molecular weight is 154 g/mol. The highest BCUT2D eigenvalue weighted by Gasteiger charge is 2.30. The van der Waals surface area contributed by atoms with Gasteiger partial charge in [0.15, 0.2) is 0 Å². The molecule has 0 fully saturated rings. The second-order valence-electron chi connectivity index (χ2n) is 3.84. The lowest BCUT2D eigenvalue weighted by Gasteiger charge is -2.30. The molecular formula is C9H18N2. The van der Waals surface area contributed by atoms with Crippen molar-refractivity contribution in [1.82, 2.24) is 5.32 Å². The van der Waals surface area contributed by atoms with E-state index in [1.165, 1.54) is 0 Å². The van der Waals surface area contributed by atoms with E-state index in [9.17, 15) is 0 Å². The Morgan fingerprint density at radius 3 is 1.91 bits per heavy atom. The quantitative estimate of drug-likeness (QED) is 0.672. The van der Waals surface area contributed by atoms with Crippen molar-refractivity contribution in [3.63, 3.8) is 0 Å². The molecule has 0 amide bonds. The minimum atomic E-state index is -0.275. The van der Waals surface area contributed by atoms with Crippen molar-refractivity contribution >= 4 is 0 Å².